The van der Waals surface area contributed by atoms with Crippen molar-refractivity contribution in [2.45, 2.75) is 33.2 Å². The molecule has 0 saturated carbocycles. The number of halogens is 3. The lowest BCUT2D eigenvalue weighted by atomic mass is 10.1. The van der Waals surface area contributed by atoms with E-state index in [2.05, 4.69) is 15.2 Å². The highest BCUT2D eigenvalue weighted by molar-refractivity contribution is 7.15. The van der Waals surface area contributed by atoms with Crippen LogP contribution in [-0.2, 0) is 26.4 Å². The molecule has 0 radical (unpaired) electrons. The Hall–Kier alpha value is -3.67. The predicted molar refractivity (Wildman–Crippen MR) is 118 cm³/mol. The lowest BCUT2D eigenvalue weighted by Crippen LogP contribution is -2.06. The number of ether oxygens (including phenoxy) is 1. The molecule has 178 valence electrons. The normalized spacial score (nSPS) is 11.7. The van der Waals surface area contributed by atoms with Crippen LogP contribution in [0.4, 0.5) is 13.2 Å². The molecule has 1 aromatic carbocycles. The molecule has 3 heterocycles. The average Bonchev–Trinajstić information content (AvgIpc) is 3.46. The Labute approximate surface area is 196 Å². The Balaban J connectivity index is 1.62. The summed E-state index contributed by atoms with van der Waals surface area (Å²) in [7, 11) is 1.77. The molecule has 0 unspecified atom stereocenters. The van der Waals surface area contributed by atoms with E-state index >= 15 is 0 Å². The molecule has 4 aromatic rings. The van der Waals surface area contributed by atoms with Gasteiger partial charge in [0.05, 0.1) is 29.6 Å². The van der Waals surface area contributed by atoms with Crippen molar-refractivity contribution in [3.63, 3.8) is 0 Å². The number of hydrogen-bond acceptors (Lipinski definition) is 6. The molecule has 0 amide bonds. The van der Waals surface area contributed by atoms with E-state index in [1.54, 1.807) is 24.7 Å². The Kier molecular flexibility index (Phi) is 6.17. The number of alkyl halides is 3. The second-order valence-electron chi connectivity index (χ2n) is 7.69. The van der Waals surface area contributed by atoms with Crippen molar-refractivity contribution < 1.29 is 27.8 Å². The maximum atomic E-state index is 13.6. The van der Waals surface area contributed by atoms with Crippen molar-refractivity contribution >= 4 is 17.3 Å². The fraction of sp³-hybridized carbons (Fsp3) is 0.273. The van der Waals surface area contributed by atoms with Gasteiger partial charge in [0.25, 0.3) is 0 Å². The van der Waals surface area contributed by atoms with Crippen LogP contribution in [0, 0.1) is 13.8 Å². The maximum Gasteiger partial charge on any atom is 0.416 e. The molecule has 12 heteroatoms. The van der Waals surface area contributed by atoms with Crippen molar-refractivity contribution in [2.75, 3.05) is 0 Å². The smallest absolute Gasteiger partial charge is 0.416 e. The highest BCUT2D eigenvalue weighted by Gasteiger charge is 2.32. The summed E-state index contributed by atoms with van der Waals surface area (Å²) in [6.45, 7) is 3.88. The monoisotopic (exact) mass is 491 g/mol. The molecule has 0 aliphatic carbocycles. The van der Waals surface area contributed by atoms with E-state index < -0.39 is 17.7 Å². The molecule has 0 fully saturated rings. The van der Waals surface area contributed by atoms with Crippen LogP contribution in [0.2, 0.25) is 0 Å². The summed E-state index contributed by atoms with van der Waals surface area (Å²) in [5.41, 5.74) is 1.56. The highest BCUT2D eigenvalue weighted by Crippen LogP contribution is 2.37. The van der Waals surface area contributed by atoms with Crippen LogP contribution in [-0.4, -0.2) is 35.6 Å². The molecule has 0 saturated heterocycles. The van der Waals surface area contributed by atoms with Gasteiger partial charge in [-0.3, -0.25) is 9.36 Å². The highest BCUT2D eigenvalue weighted by atomic mass is 32.1. The summed E-state index contributed by atoms with van der Waals surface area (Å²) in [4.78, 5) is 16.3. The number of aromatic nitrogens is 5. The second kappa shape index (κ2) is 8.93. The maximum absolute atomic E-state index is 13.6. The summed E-state index contributed by atoms with van der Waals surface area (Å²) in [5.74, 6) is -1.04. The topological polar surface area (TPSA) is 95.1 Å². The zero-order chi connectivity index (χ0) is 24.6. The summed E-state index contributed by atoms with van der Waals surface area (Å²) in [6, 6.07) is 5.31. The Morgan fingerprint density at radius 2 is 1.97 bits per heavy atom. The van der Waals surface area contributed by atoms with Gasteiger partial charge in [0.1, 0.15) is 23.1 Å². The molecular formula is C22H20F3N5O3S. The number of carbonyl (C=O) groups is 1. The molecule has 8 nitrogen and oxygen atoms in total. The van der Waals surface area contributed by atoms with Gasteiger partial charge in [-0.1, -0.05) is 0 Å². The minimum absolute atomic E-state index is 0.0236. The first kappa shape index (κ1) is 23.5. The van der Waals surface area contributed by atoms with Gasteiger partial charge in [-0.15, -0.1) is 11.3 Å². The summed E-state index contributed by atoms with van der Waals surface area (Å²) < 4.78 is 49.5. The van der Waals surface area contributed by atoms with Gasteiger partial charge < -0.3 is 9.84 Å². The van der Waals surface area contributed by atoms with Gasteiger partial charge in [-0.05, 0) is 38.1 Å². The Bertz CT molecular complexity index is 1340. The fourth-order valence-corrected chi connectivity index (χ4v) is 4.15. The fourth-order valence-electron chi connectivity index (χ4n) is 3.24. The SMILES string of the molecule is Cc1sc(-c2cc(OCc3cc(C)n(C)n3)cc(C(F)(F)F)c2)nc1Cn1cc(C(=O)O)cn1. The first-order valence-electron chi connectivity index (χ1n) is 10.1. The number of aromatic carboxylic acids is 1. The van der Waals surface area contributed by atoms with E-state index in [0.717, 1.165) is 22.7 Å². The molecule has 0 spiro atoms. The van der Waals surface area contributed by atoms with Crippen LogP contribution in [0.15, 0.2) is 36.7 Å². The van der Waals surface area contributed by atoms with Crippen molar-refractivity contribution in [1.82, 2.24) is 24.5 Å². The molecule has 0 bridgehead atoms. The number of carboxylic acids is 1. The van der Waals surface area contributed by atoms with E-state index in [0.29, 0.717) is 16.4 Å². The first-order valence-corrected chi connectivity index (χ1v) is 10.9. The first-order chi connectivity index (χ1) is 16.0. The van der Waals surface area contributed by atoms with Crippen molar-refractivity contribution in [1.29, 1.82) is 0 Å². The third-order valence-electron chi connectivity index (χ3n) is 5.12. The van der Waals surface area contributed by atoms with Crippen molar-refractivity contribution in [2.24, 2.45) is 7.05 Å². The van der Waals surface area contributed by atoms with E-state index in [-0.39, 0.29) is 30.0 Å². The Morgan fingerprint density at radius 1 is 1.21 bits per heavy atom. The summed E-state index contributed by atoms with van der Waals surface area (Å²) in [6.07, 6.45) is -1.96. The predicted octanol–water partition coefficient (Wildman–Crippen LogP) is 4.70. The second-order valence-corrected chi connectivity index (χ2v) is 8.89. The van der Waals surface area contributed by atoms with Crippen LogP contribution in [0.3, 0.4) is 0 Å². The molecule has 1 N–H and O–H groups in total. The van der Waals surface area contributed by atoms with Crippen molar-refractivity contribution in [3.05, 3.63) is 69.7 Å². The van der Waals surface area contributed by atoms with E-state index in [9.17, 15) is 18.0 Å². The molecular weight excluding hydrogens is 471 g/mol. The lowest BCUT2D eigenvalue weighted by Gasteiger charge is -2.12. The van der Waals surface area contributed by atoms with Crippen LogP contribution in [0.5, 0.6) is 5.75 Å². The minimum atomic E-state index is -4.56. The molecule has 0 atom stereocenters. The average molecular weight is 491 g/mol. The standard InChI is InChI=1S/C22H20F3N5O3S/c1-12-4-17(28-29(12)3)11-33-18-6-14(5-16(7-18)22(23,24)25)20-27-19(13(2)34-20)10-30-9-15(8-26-30)21(31)32/h4-9H,10-11H2,1-3H3,(H,31,32). The van der Waals surface area contributed by atoms with Gasteiger partial charge in [-0.25, -0.2) is 9.78 Å². The van der Waals surface area contributed by atoms with Gasteiger partial charge in [-0.2, -0.15) is 23.4 Å². The molecule has 3 aromatic heterocycles. The van der Waals surface area contributed by atoms with Gasteiger partial charge in [0.2, 0.25) is 0 Å². The van der Waals surface area contributed by atoms with Gasteiger partial charge in [0, 0.05) is 29.4 Å². The number of rotatable bonds is 7. The quantitative estimate of drug-likeness (QED) is 0.403. The van der Waals surface area contributed by atoms with Crippen LogP contribution in [0.1, 0.15) is 37.9 Å². The zero-order valence-corrected chi connectivity index (χ0v) is 19.2. The third-order valence-corrected chi connectivity index (χ3v) is 6.18. The van der Waals surface area contributed by atoms with Crippen molar-refractivity contribution in [3.8, 4) is 16.3 Å². The number of nitrogens with zero attached hydrogens (tertiary/aromatic N) is 5. The summed E-state index contributed by atoms with van der Waals surface area (Å²) >= 11 is 1.24. The third kappa shape index (κ3) is 5.11. The van der Waals surface area contributed by atoms with Gasteiger partial charge in [0.15, 0.2) is 0 Å². The van der Waals surface area contributed by atoms with Gasteiger partial charge >= 0.3 is 12.1 Å². The largest absolute Gasteiger partial charge is 0.487 e. The number of aryl methyl sites for hydroxylation is 3. The van der Waals surface area contributed by atoms with E-state index in [1.807, 2.05) is 6.92 Å². The summed E-state index contributed by atoms with van der Waals surface area (Å²) in [5, 5.41) is 17.7. The Morgan fingerprint density at radius 3 is 2.59 bits per heavy atom. The number of hydrogen-bond donors (Lipinski definition) is 1. The number of benzene rings is 1. The number of carboxylic acid groups (broad SMARTS) is 1. The molecule has 0 aliphatic heterocycles. The van der Waals surface area contributed by atoms with Crippen LogP contribution >= 0.6 is 11.3 Å². The zero-order valence-electron chi connectivity index (χ0n) is 18.4. The molecule has 34 heavy (non-hydrogen) atoms. The lowest BCUT2D eigenvalue weighted by molar-refractivity contribution is -0.137. The van der Waals surface area contributed by atoms with E-state index in [4.69, 9.17) is 9.84 Å². The minimum Gasteiger partial charge on any atom is -0.487 e. The molecule has 0 aliphatic rings. The molecule has 4 rings (SSSR count). The number of thiazole rings is 1. The van der Waals surface area contributed by atoms with E-state index in [1.165, 1.54) is 34.5 Å². The van der Waals surface area contributed by atoms with Crippen LogP contribution < -0.4 is 4.74 Å². The van der Waals surface area contributed by atoms with Crippen LogP contribution in [0.25, 0.3) is 10.6 Å².